The summed E-state index contributed by atoms with van der Waals surface area (Å²) in [5.41, 5.74) is 1.11. The Morgan fingerprint density at radius 3 is 2.69 bits per heavy atom. The maximum absolute atomic E-state index is 11.4. The van der Waals surface area contributed by atoms with E-state index in [1.165, 1.54) is 0 Å². The summed E-state index contributed by atoms with van der Waals surface area (Å²) in [7, 11) is 3.32. The monoisotopic (exact) mass is 221 g/mol. The first-order valence-corrected chi connectivity index (χ1v) is 5.56. The van der Waals surface area contributed by atoms with E-state index in [1.54, 1.807) is 14.2 Å². The van der Waals surface area contributed by atoms with Crippen molar-refractivity contribution < 1.29 is 9.53 Å². The molecule has 1 N–H and O–H groups in total. The molecule has 1 unspecified atom stereocenters. The molecule has 0 spiro atoms. The summed E-state index contributed by atoms with van der Waals surface area (Å²) in [5.74, 6) is 1.15. The van der Waals surface area contributed by atoms with Crippen LogP contribution in [-0.2, 0) is 4.79 Å². The van der Waals surface area contributed by atoms with Crippen molar-refractivity contribution in [1.82, 2.24) is 5.32 Å². The van der Waals surface area contributed by atoms with E-state index in [9.17, 15) is 4.79 Å². The molecule has 1 aromatic rings. The van der Waals surface area contributed by atoms with Gasteiger partial charge in [-0.15, -0.1) is 0 Å². The number of nitrogens with one attached hydrogen (secondary N) is 1. The predicted molar refractivity (Wildman–Crippen MR) is 64.7 cm³/mol. The molecule has 1 amide bonds. The topological polar surface area (TPSA) is 38.3 Å². The highest BCUT2D eigenvalue weighted by molar-refractivity contribution is 5.76. The maximum Gasteiger partial charge on any atom is 0.220 e. The van der Waals surface area contributed by atoms with Gasteiger partial charge in [0.1, 0.15) is 5.75 Å². The van der Waals surface area contributed by atoms with Crippen molar-refractivity contribution in [2.75, 3.05) is 14.2 Å². The van der Waals surface area contributed by atoms with Crippen LogP contribution in [0.5, 0.6) is 5.75 Å². The van der Waals surface area contributed by atoms with Crippen molar-refractivity contribution in [3.63, 3.8) is 0 Å². The van der Waals surface area contributed by atoms with Gasteiger partial charge in [0.15, 0.2) is 0 Å². The van der Waals surface area contributed by atoms with E-state index in [0.29, 0.717) is 6.42 Å². The van der Waals surface area contributed by atoms with Crippen LogP contribution in [0.1, 0.15) is 31.2 Å². The molecule has 0 saturated heterocycles. The summed E-state index contributed by atoms with van der Waals surface area (Å²) in [5, 5.41) is 2.66. The molecular formula is C13H19NO2. The molecule has 3 nitrogen and oxygen atoms in total. The van der Waals surface area contributed by atoms with Crippen LogP contribution in [0.4, 0.5) is 0 Å². The maximum atomic E-state index is 11.4. The molecule has 0 heterocycles. The average molecular weight is 221 g/mol. The Labute approximate surface area is 96.8 Å². The second-order valence-electron chi connectivity index (χ2n) is 3.72. The number of hydrogen-bond donors (Lipinski definition) is 1. The lowest BCUT2D eigenvalue weighted by atomic mass is 9.92. The quantitative estimate of drug-likeness (QED) is 0.828. The van der Waals surface area contributed by atoms with Crippen LogP contribution in [0.3, 0.4) is 0 Å². The number of para-hydroxylation sites is 1. The summed E-state index contributed by atoms with van der Waals surface area (Å²) >= 11 is 0. The van der Waals surface area contributed by atoms with Gasteiger partial charge >= 0.3 is 0 Å². The highest BCUT2D eigenvalue weighted by atomic mass is 16.5. The molecule has 0 radical (unpaired) electrons. The first kappa shape index (κ1) is 12.6. The first-order valence-electron chi connectivity index (χ1n) is 5.56. The minimum absolute atomic E-state index is 0.0674. The van der Waals surface area contributed by atoms with Gasteiger partial charge in [0.25, 0.3) is 0 Å². The van der Waals surface area contributed by atoms with Crippen LogP contribution in [0.2, 0.25) is 0 Å². The van der Waals surface area contributed by atoms with Crippen molar-refractivity contribution in [3.05, 3.63) is 29.8 Å². The van der Waals surface area contributed by atoms with E-state index in [4.69, 9.17) is 4.74 Å². The molecule has 1 aromatic carbocycles. The van der Waals surface area contributed by atoms with Crippen LogP contribution in [0.25, 0.3) is 0 Å². The molecule has 0 bridgehead atoms. The molecule has 16 heavy (non-hydrogen) atoms. The van der Waals surface area contributed by atoms with Crippen molar-refractivity contribution in [1.29, 1.82) is 0 Å². The average Bonchev–Trinajstić information content (AvgIpc) is 2.35. The van der Waals surface area contributed by atoms with Crippen LogP contribution in [0, 0.1) is 0 Å². The Morgan fingerprint density at radius 2 is 2.12 bits per heavy atom. The fourth-order valence-corrected chi connectivity index (χ4v) is 1.80. The summed E-state index contributed by atoms with van der Waals surface area (Å²) in [4.78, 5) is 11.4. The van der Waals surface area contributed by atoms with Gasteiger partial charge in [0, 0.05) is 13.5 Å². The number of carbonyl (C=O) groups excluding carboxylic acids is 1. The number of amides is 1. The normalized spacial score (nSPS) is 11.9. The molecule has 0 aromatic heterocycles. The third-order valence-corrected chi connectivity index (χ3v) is 2.78. The fourth-order valence-electron chi connectivity index (χ4n) is 1.80. The van der Waals surface area contributed by atoms with Crippen LogP contribution < -0.4 is 10.1 Å². The van der Waals surface area contributed by atoms with Gasteiger partial charge in [-0.1, -0.05) is 25.1 Å². The minimum Gasteiger partial charge on any atom is -0.496 e. The third-order valence-electron chi connectivity index (χ3n) is 2.78. The second kappa shape index (κ2) is 6.16. The van der Waals surface area contributed by atoms with Gasteiger partial charge in [-0.05, 0) is 24.0 Å². The predicted octanol–water partition coefficient (Wildman–Crippen LogP) is 2.32. The standard InChI is InChI=1S/C13H19NO2/c1-4-10(9-13(15)14-2)11-7-5-6-8-12(11)16-3/h5-8,10H,4,9H2,1-3H3,(H,14,15). The highest BCUT2D eigenvalue weighted by Crippen LogP contribution is 2.30. The summed E-state index contributed by atoms with van der Waals surface area (Å²) in [6.45, 7) is 2.08. The minimum atomic E-state index is 0.0674. The number of benzene rings is 1. The molecule has 3 heteroatoms. The second-order valence-corrected chi connectivity index (χ2v) is 3.72. The van der Waals surface area contributed by atoms with Crippen molar-refractivity contribution in [2.24, 2.45) is 0 Å². The zero-order valence-corrected chi connectivity index (χ0v) is 10.1. The lowest BCUT2D eigenvalue weighted by Gasteiger charge is -2.17. The van der Waals surface area contributed by atoms with Gasteiger partial charge in [-0.3, -0.25) is 4.79 Å². The first-order chi connectivity index (χ1) is 7.72. The molecule has 0 fully saturated rings. The third kappa shape index (κ3) is 2.99. The molecule has 1 atom stereocenters. The Bertz CT molecular complexity index is 350. The summed E-state index contributed by atoms with van der Waals surface area (Å²) in [6.07, 6.45) is 1.43. The SMILES string of the molecule is CCC(CC(=O)NC)c1ccccc1OC. The molecular weight excluding hydrogens is 202 g/mol. The van der Waals surface area contributed by atoms with Crippen molar-refractivity contribution >= 4 is 5.91 Å². The molecule has 0 aliphatic rings. The van der Waals surface area contributed by atoms with Gasteiger partial charge in [-0.25, -0.2) is 0 Å². The summed E-state index contributed by atoms with van der Waals surface area (Å²) < 4.78 is 5.31. The van der Waals surface area contributed by atoms with Gasteiger partial charge in [-0.2, -0.15) is 0 Å². The van der Waals surface area contributed by atoms with Gasteiger partial charge < -0.3 is 10.1 Å². The van der Waals surface area contributed by atoms with E-state index in [1.807, 2.05) is 24.3 Å². The highest BCUT2D eigenvalue weighted by Gasteiger charge is 2.16. The largest absolute Gasteiger partial charge is 0.496 e. The smallest absolute Gasteiger partial charge is 0.220 e. The Hall–Kier alpha value is -1.51. The van der Waals surface area contributed by atoms with E-state index in [2.05, 4.69) is 12.2 Å². The molecule has 0 saturated carbocycles. The van der Waals surface area contributed by atoms with Crippen LogP contribution in [0.15, 0.2) is 24.3 Å². The lowest BCUT2D eigenvalue weighted by Crippen LogP contribution is -2.20. The lowest BCUT2D eigenvalue weighted by molar-refractivity contribution is -0.121. The molecule has 0 aliphatic heterocycles. The number of methoxy groups -OCH3 is 1. The molecule has 1 rings (SSSR count). The van der Waals surface area contributed by atoms with Crippen LogP contribution >= 0.6 is 0 Å². The van der Waals surface area contributed by atoms with E-state index in [-0.39, 0.29) is 11.8 Å². The molecule has 88 valence electrons. The number of rotatable bonds is 5. The van der Waals surface area contributed by atoms with Crippen molar-refractivity contribution in [3.8, 4) is 5.75 Å². The Balaban J connectivity index is 2.89. The van der Waals surface area contributed by atoms with Crippen molar-refractivity contribution in [2.45, 2.75) is 25.7 Å². The fraction of sp³-hybridized carbons (Fsp3) is 0.462. The van der Waals surface area contributed by atoms with Crippen LogP contribution in [-0.4, -0.2) is 20.1 Å². The number of ether oxygens (including phenoxy) is 1. The molecule has 0 aliphatic carbocycles. The van der Waals surface area contributed by atoms with Gasteiger partial charge in [0.2, 0.25) is 5.91 Å². The summed E-state index contributed by atoms with van der Waals surface area (Å²) in [6, 6.07) is 7.87. The Kier molecular flexibility index (Phi) is 4.83. The van der Waals surface area contributed by atoms with E-state index < -0.39 is 0 Å². The zero-order chi connectivity index (χ0) is 12.0. The van der Waals surface area contributed by atoms with E-state index in [0.717, 1.165) is 17.7 Å². The van der Waals surface area contributed by atoms with E-state index >= 15 is 0 Å². The number of hydrogen-bond acceptors (Lipinski definition) is 2. The Morgan fingerprint density at radius 1 is 1.44 bits per heavy atom. The number of carbonyl (C=O) groups is 1. The van der Waals surface area contributed by atoms with Gasteiger partial charge in [0.05, 0.1) is 7.11 Å². The zero-order valence-electron chi connectivity index (χ0n) is 10.1.